The van der Waals surface area contributed by atoms with E-state index in [1.807, 2.05) is 0 Å². The lowest BCUT2D eigenvalue weighted by atomic mass is 9.93. The molecule has 1 aromatic rings. The first-order valence-corrected chi connectivity index (χ1v) is 7.93. The normalized spacial score (nSPS) is 26.1. The average Bonchev–Trinajstić information content (AvgIpc) is 2.98. The van der Waals surface area contributed by atoms with E-state index < -0.39 is 0 Å². The summed E-state index contributed by atoms with van der Waals surface area (Å²) in [6, 6.07) is 0.690. The van der Waals surface area contributed by atoms with Gasteiger partial charge in [-0.1, -0.05) is 20.8 Å². The van der Waals surface area contributed by atoms with Crippen molar-refractivity contribution in [2.75, 3.05) is 33.0 Å². The van der Waals surface area contributed by atoms with E-state index in [-0.39, 0.29) is 11.5 Å². The third-order valence-electron chi connectivity index (χ3n) is 4.41. The van der Waals surface area contributed by atoms with Crippen LogP contribution in [0.1, 0.15) is 51.2 Å². The first-order valence-electron chi connectivity index (χ1n) is 7.93. The van der Waals surface area contributed by atoms with Gasteiger partial charge in [0.05, 0.1) is 18.9 Å². The molecule has 2 aliphatic rings. The van der Waals surface area contributed by atoms with E-state index in [0.29, 0.717) is 12.6 Å². The topological polar surface area (TPSA) is 47.7 Å². The Morgan fingerprint density at radius 3 is 2.57 bits per heavy atom. The Balaban J connectivity index is 1.78. The van der Waals surface area contributed by atoms with Crippen LogP contribution in [0.3, 0.4) is 0 Å². The monoisotopic (exact) mass is 294 g/mol. The van der Waals surface area contributed by atoms with Crippen molar-refractivity contribution in [3.05, 3.63) is 17.8 Å². The highest BCUT2D eigenvalue weighted by Crippen LogP contribution is 2.31. The van der Waals surface area contributed by atoms with Crippen LogP contribution in [0.2, 0.25) is 0 Å². The molecule has 0 saturated carbocycles. The van der Waals surface area contributed by atoms with E-state index in [1.54, 1.807) is 6.26 Å². The number of morpholine rings is 1. The van der Waals surface area contributed by atoms with Gasteiger partial charge in [-0.2, -0.15) is 0 Å². The van der Waals surface area contributed by atoms with Crippen molar-refractivity contribution in [2.45, 2.75) is 51.1 Å². The summed E-state index contributed by atoms with van der Waals surface area (Å²) in [6.07, 6.45) is 3.97. The van der Waals surface area contributed by atoms with E-state index in [4.69, 9.17) is 18.9 Å². The quantitative estimate of drug-likeness (QED) is 0.839. The molecule has 0 N–H and O–H groups in total. The maximum absolute atomic E-state index is 5.79. The molecule has 3 heterocycles. The van der Waals surface area contributed by atoms with Gasteiger partial charge in [0, 0.05) is 31.2 Å². The molecular formula is C16H26N2O3. The summed E-state index contributed by atoms with van der Waals surface area (Å²) in [5.74, 6) is 0.797. The van der Waals surface area contributed by atoms with Crippen molar-refractivity contribution in [1.29, 1.82) is 0 Å². The summed E-state index contributed by atoms with van der Waals surface area (Å²) in [7, 11) is 0. The molecule has 1 atom stereocenters. The van der Waals surface area contributed by atoms with E-state index in [2.05, 4.69) is 25.7 Å². The zero-order valence-electron chi connectivity index (χ0n) is 13.3. The summed E-state index contributed by atoms with van der Waals surface area (Å²) in [5.41, 5.74) is 1.02. The second kappa shape index (κ2) is 6.07. The number of rotatable bonds is 2. The second-order valence-electron chi connectivity index (χ2n) is 6.99. The van der Waals surface area contributed by atoms with Crippen LogP contribution in [0.25, 0.3) is 0 Å². The lowest BCUT2D eigenvalue weighted by molar-refractivity contribution is -0.0638. The highest BCUT2D eigenvalue weighted by molar-refractivity contribution is 5.10. The molecule has 0 bridgehead atoms. The van der Waals surface area contributed by atoms with Gasteiger partial charge in [0.1, 0.15) is 12.3 Å². The summed E-state index contributed by atoms with van der Waals surface area (Å²) in [5, 5.41) is 0. The summed E-state index contributed by atoms with van der Waals surface area (Å²) >= 11 is 0. The summed E-state index contributed by atoms with van der Waals surface area (Å²) in [4.78, 5) is 7.23. The van der Waals surface area contributed by atoms with Gasteiger partial charge in [-0.05, 0) is 12.8 Å². The van der Waals surface area contributed by atoms with Gasteiger partial charge < -0.3 is 13.9 Å². The number of hydrogen-bond donors (Lipinski definition) is 0. The fourth-order valence-corrected chi connectivity index (χ4v) is 3.07. The predicted molar refractivity (Wildman–Crippen MR) is 79.3 cm³/mol. The maximum atomic E-state index is 5.79. The van der Waals surface area contributed by atoms with Crippen molar-refractivity contribution in [1.82, 2.24) is 9.88 Å². The van der Waals surface area contributed by atoms with Crippen LogP contribution in [-0.4, -0.2) is 48.9 Å². The Morgan fingerprint density at radius 1 is 1.14 bits per heavy atom. The molecule has 1 aromatic heterocycles. The predicted octanol–water partition coefficient (Wildman–Crippen LogP) is 2.52. The molecule has 5 nitrogen and oxygen atoms in total. The Hall–Kier alpha value is -0.910. The van der Waals surface area contributed by atoms with Crippen LogP contribution in [-0.2, 0) is 14.9 Å². The first kappa shape index (κ1) is 15.0. The molecule has 0 aromatic carbocycles. The van der Waals surface area contributed by atoms with E-state index in [1.165, 1.54) is 0 Å². The standard InChI is InChI=1S/C16H26N2O3/c1-16(2,3)14-11-21-15(17-14)13-10-20-9-6-18(13)12-4-7-19-8-5-12/h11-13H,4-10H2,1-3H3. The van der Waals surface area contributed by atoms with E-state index >= 15 is 0 Å². The highest BCUT2D eigenvalue weighted by atomic mass is 16.5. The number of ether oxygens (including phenoxy) is 2. The molecule has 1 unspecified atom stereocenters. The SMILES string of the molecule is CC(C)(C)c1coc(C2COCCN2C2CCOCC2)n1. The number of oxazole rings is 1. The average molecular weight is 294 g/mol. The van der Waals surface area contributed by atoms with Gasteiger partial charge in [0.25, 0.3) is 0 Å². The second-order valence-corrected chi connectivity index (χ2v) is 6.99. The molecule has 2 aliphatic heterocycles. The van der Waals surface area contributed by atoms with Gasteiger partial charge in [0.15, 0.2) is 0 Å². The zero-order chi connectivity index (χ0) is 14.9. The molecule has 118 valence electrons. The van der Waals surface area contributed by atoms with Gasteiger partial charge in [-0.25, -0.2) is 4.98 Å². The van der Waals surface area contributed by atoms with Crippen LogP contribution >= 0.6 is 0 Å². The van der Waals surface area contributed by atoms with Crippen LogP contribution in [0.5, 0.6) is 0 Å². The van der Waals surface area contributed by atoms with Gasteiger partial charge in [-0.15, -0.1) is 0 Å². The molecule has 0 spiro atoms. The smallest absolute Gasteiger partial charge is 0.214 e. The Morgan fingerprint density at radius 2 is 1.90 bits per heavy atom. The fourth-order valence-electron chi connectivity index (χ4n) is 3.07. The molecule has 2 saturated heterocycles. The van der Waals surface area contributed by atoms with Crippen LogP contribution in [0.4, 0.5) is 0 Å². The van der Waals surface area contributed by atoms with E-state index in [9.17, 15) is 0 Å². The Labute approximate surface area is 126 Å². The first-order chi connectivity index (χ1) is 10.1. The molecule has 5 heteroatoms. The van der Waals surface area contributed by atoms with E-state index in [0.717, 1.165) is 50.8 Å². The molecule has 0 aliphatic carbocycles. The minimum atomic E-state index is 0.0147. The van der Waals surface area contributed by atoms with Crippen molar-refractivity contribution < 1.29 is 13.9 Å². The maximum Gasteiger partial charge on any atom is 0.214 e. The molecular weight excluding hydrogens is 268 g/mol. The third-order valence-corrected chi connectivity index (χ3v) is 4.41. The molecule has 21 heavy (non-hydrogen) atoms. The molecule has 0 amide bonds. The highest BCUT2D eigenvalue weighted by Gasteiger charge is 2.35. The minimum absolute atomic E-state index is 0.0147. The Kier molecular flexibility index (Phi) is 4.33. The van der Waals surface area contributed by atoms with Crippen molar-refractivity contribution >= 4 is 0 Å². The number of aromatic nitrogens is 1. The van der Waals surface area contributed by atoms with Gasteiger partial charge in [-0.3, -0.25) is 4.90 Å². The van der Waals surface area contributed by atoms with Gasteiger partial charge >= 0.3 is 0 Å². The zero-order valence-corrected chi connectivity index (χ0v) is 13.3. The molecule has 3 rings (SSSR count). The molecule has 2 fully saturated rings. The fraction of sp³-hybridized carbons (Fsp3) is 0.812. The van der Waals surface area contributed by atoms with Crippen molar-refractivity contribution in [2.24, 2.45) is 0 Å². The lowest BCUT2D eigenvalue weighted by Gasteiger charge is -2.41. The van der Waals surface area contributed by atoms with Crippen LogP contribution in [0.15, 0.2) is 10.7 Å². The summed E-state index contributed by atoms with van der Waals surface area (Å²) in [6.45, 7) is 10.6. The van der Waals surface area contributed by atoms with Crippen LogP contribution < -0.4 is 0 Å². The largest absolute Gasteiger partial charge is 0.447 e. The summed E-state index contributed by atoms with van der Waals surface area (Å²) < 4.78 is 17.0. The van der Waals surface area contributed by atoms with Crippen LogP contribution in [0, 0.1) is 0 Å². The van der Waals surface area contributed by atoms with Gasteiger partial charge in [0.2, 0.25) is 5.89 Å². The molecule has 0 radical (unpaired) electrons. The lowest BCUT2D eigenvalue weighted by Crippen LogP contribution is -2.48. The number of hydrogen-bond acceptors (Lipinski definition) is 5. The number of nitrogens with zero attached hydrogens (tertiary/aromatic N) is 2. The minimum Gasteiger partial charge on any atom is -0.447 e. The third kappa shape index (κ3) is 3.30. The van der Waals surface area contributed by atoms with Crippen molar-refractivity contribution in [3.8, 4) is 0 Å². The van der Waals surface area contributed by atoms with Crippen molar-refractivity contribution in [3.63, 3.8) is 0 Å². The Bertz CT molecular complexity index is 460.